The number of sulfonamides is 1. The summed E-state index contributed by atoms with van der Waals surface area (Å²) in [5, 5.41) is 0. The van der Waals surface area contributed by atoms with Gasteiger partial charge in [-0.25, -0.2) is 18.1 Å². The molecule has 0 saturated carbocycles. The molecule has 0 aliphatic heterocycles. The minimum absolute atomic E-state index is 0.0187. The van der Waals surface area contributed by atoms with Crippen molar-refractivity contribution in [3.8, 4) is 0 Å². The number of para-hydroxylation sites is 2. The number of fused-ring (bicyclic) bond motifs is 1. The fraction of sp³-hybridized carbons (Fsp3) is 0.133. The second-order valence-corrected chi connectivity index (χ2v) is 6.48. The Hall–Kier alpha value is -2.18. The second kappa shape index (κ2) is 5.31. The molecule has 0 unspecified atom stereocenters. The van der Waals surface area contributed by atoms with E-state index in [-0.39, 0.29) is 11.4 Å². The Morgan fingerprint density at radius 1 is 1.10 bits per heavy atom. The number of nitrogens with zero attached hydrogens (tertiary/aromatic N) is 1. The first kappa shape index (κ1) is 13.8. The van der Waals surface area contributed by atoms with Crippen LogP contribution in [0.4, 0.5) is 0 Å². The molecule has 0 atom stereocenters. The fourth-order valence-electron chi connectivity index (χ4n) is 1.95. The number of hydrogen-bond acceptors (Lipinski definition) is 4. The highest BCUT2D eigenvalue weighted by Gasteiger charge is 2.15. The Morgan fingerprint density at radius 2 is 1.81 bits per heavy atom. The van der Waals surface area contributed by atoms with Gasteiger partial charge in [0.25, 0.3) is 0 Å². The fourth-order valence-corrected chi connectivity index (χ4v) is 2.93. The number of aromatic nitrogens is 1. The van der Waals surface area contributed by atoms with Crippen molar-refractivity contribution >= 4 is 21.1 Å². The van der Waals surface area contributed by atoms with Crippen molar-refractivity contribution in [3.63, 3.8) is 0 Å². The molecule has 0 aliphatic rings. The van der Waals surface area contributed by atoms with Crippen molar-refractivity contribution in [2.24, 2.45) is 0 Å². The molecule has 0 saturated heterocycles. The molecule has 1 heterocycles. The van der Waals surface area contributed by atoms with Gasteiger partial charge in [0.15, 0.2) is 5.58 Å². The quantitative estimate of drug-likeness (QED) is 0.804. The standard InChI is InChI=1S/C15H14N2O3S/c1-11-6-8-12(9-7-11)21(18,19)16-10-15-17-13-4-2-3-5-14(13)20-15/h2-9,16H,10H2,1H3. The van der Waals surface area contributed by atoms with E-state index in [1.165, 1.54) is 0 Å². The Kier molecular flexibility index (Phi) is 3.48. The Bertz CT molecular complexity index is 834. The van der Waals surface area contributed by atoms with Crippen molar-refractivity contribution in [2.75, 3.05) is 0 Å². The number of aryl methyl sites for hydroxylation is 1. The summed E-state index contributed by atoms with van der Waals surface area (Å²) in [6.45, 7) is 1.92. The molecule has 0 amide bonds. The van der Waals surface area contributed by atoms with Gasteiger partial charge in [-0.1, -0.05) is 29.8 Å². The van der Waals surface area contributed by atoms with Crippen molar-refractivity contribution in [1.29, 1.82) is 0 Å². The molecular formula is C15H14N2O3S. The molecule has 3 rings (SSSR count). The third-order valence-corrected chi connectivity index (χ3v) is 4.50. The van der Waals surface area contributed by atoms with Crippen LogP contribution in [0.2, 0.25) is 0 Å². The first-order valence-electron chi connectivity index (χ1n) is 6.45. The molecule has 0 radical (unpaired) electrons. The minimum Gasteiger partial charge on any atom is -0.439 e. The van der Waals surface area contributed by atoms with Crippen LogP contribution >= 0.6 is 0 Å². The lowest BCUT2D eigenvalue weighted by Gasteiger charge is -2.04. The van der Waals surface area contributed by atoms with Gasteiger partial charge in [-0.15, -0.1) is 0 Å². The lowest BCUT2D eigenvalue weighted by atomic mass is 10.2. The predicted octanol–water partition coefficient (Wildman–Crippen LogP) is 2.61. The smallest absolute Gasteiger partial charge is 0.241 e. The summed E-state index contributed by atoms with van der Waals surface area (Å²) in [5.41, 5.74) is 2.36. The summed E-state index contributed by atoms with van der Waals surface area (Å²) >= 11 is 0. The van der Waals surface area contributed by atoms with E-state index < -0.39 is 10.0 Å². The average Bonchev–Trinajstić information content (AvgIpc) is 2.89. The van der Waals surface area contributed by atoms with Crippen LogP contribution < -0.4 is 4.72 Å². The summed E-state index contributed by atoms with van der Waals surface area (Å²) in [6, 6.07) is 14.0. The molecule has 0 aliphatic carbocycles. The lowest BCUT2D eigenvalue weighted by molar-refractivity contribution is 0.513. The number of oxazole rings is 1. The maximum absolute atomic E-state index is 12.2. The van der Waals surface area contributed by atoms with Crippen LogP contribution in [-0.4, -0.2) is 13.4 Å². The van der Waals surface area contributed by atoms with Gasteiger partial charge in [-0.2, -0.15) is 0 Å². The SMILES string of the molecule is Cc1ccc(S(=O)(=O)NCc2nc3ccccc3o2)cc1. The first-order valence-corrected chi connectivity index (χ1v) is 7.94. The molecule has 1 N–H and O–H groups in total. The van der Waals surface area contributed by atoms with Gasteiger partial charge < -0.3 is 4.42 Å². The van der Waals surface area contributed by atoms with Gasteiger partial charge >= 0.3 is 0 Å². The van der Waals surface area contributed by atoms with E-state index in [4.69, 9.17) is 4.42 Å². The average molecular weight is 302 g/mol. The summed E-state index contributed by atoms with van der Waals surface area (Å²) in [7, 11) is -3.56. The maximum atomic E-state index is 12.2. The largest absolute Gasteiger partial charge is 0.439 e. The van der Waals surface area contributed by atoms with Gasteiger partial charge in [0.05, 0.1) is 11.4 Å². The summed E-state index contributed by atoms with van der Waals surface area (Å²) in [4.78, 5) is 4.46. The Morgan fingerprint density at radius 3 is 2.52 bits per heavy atom. The van der Waals surface area contributed by atoms with E-state index in [2.05, 4.69) is 9.71 Å². The first-order chi connectivity index (χ1) is 10.0. The lowest BCUT2D eigenvalue weighted by Crippen LogP contribution is -2.23. The molecule has 0 bridgehead atoms. The van der Waals surface area contributed by atoms with E-state index in [9.17, 15) is 8.42 Å². The molecule has 21 heavy (non-hydrogen) atoms. The zero-order valence-electron chi connectivity index (χ0n) is 11.4. The molecule has 2 aromatic carbocycles. The summed E-state index contributed by atoms with van der Waals surface area (Å²) in [6.07, 6.45) is 0. The second-order valence-electron chi connectivity index (χ2n) is 4.71. The molecular weight excluding hydrogens is 288 g/mol. The summed E-state index contributed by atoms with van der Waals surface area (Å²) in [5.74, 6) is 0.340. The normalized spacial score (nSPS) is 11.9. The number of rotatable bonds is 4. The molecule has 108 valence electrons. The Labute approximate surface area is 122 Å². The van der Waals surface area contributed by atoms with E-state index in [0.29, 0.717) is 17.0 Å². The van der Waals surface area contributed by atoms with Gasteiger partial charge in [-0.05, 0) is 31.2 Å². The van der Waals surface area contributed by atoms with E-state index in [1.54, 1.807) is 30.3 Å². The highest BCUT2D eigenvalue weighted by molar-refractivity contribution is 7.89. The zero-order valence-corrected chi connectivity index (χ0v) is 12.2. The van der Waals surface area contributed by atoms with Crippen LogP contribution in [0.3, 0.4) is 0 Å². The van der Waals surface area contributed by atoms with Gasteiger partial charge in [0, 0.05) is 0 Å². The van der Waals surface area contributed by atoms with Gasteiger partial charge in [-0.3, -0.25) is 0 Å². The van der Waals surface area contributed by atoms with Crippen LogP contribution in [0.1, 0.15) is 11.5 Å². The topological polar surface area (TPSA) is 72.2 Å². The van der Waals surface area contributed by atoms with Crippen LogP contribution in [0.25, 0.3) is 11.1 Å². The van der Waals surface area contributed by atoms with E-state index >= 15 is 0 Å². The number of nitrogens with one attached hydrogen (secondary N) is 1. The number of benzene rings is 2. The third kappa shape index (κ3) is 2.96. The van der Waals surface area contributed by atoms with Crippen molar-refractivity contribution < 1.29 is 12.8 Å². The maximum Gasteiger partial charge on any atom is 0.241 e. The van der Waals surface area contributed by atoms with Crippen LogP contribution in [0.5, 0.6) is 0 Å². The van der Waals surface area contributed by atoms with Crippen molar-refractivity contribution in [3.05, 3.63) is 60.0 Å². The molecule has 0 fully saturated rings. The third-order valence-electron chi connectivity index (χ3n) is 3.08. The monoisotopic (exact) mass is 302 g/mol. The summed E-state index contributed by atoms with van der Waals surface area (Å²) < 4.78 is 32.3. The predicted molar refractivity (Wildman–Crippen MR) is 79.2 cm³/mol. The van der Waals surface area contributed by atoms with E-state index in [1.807, 2.05) is 25.1 Å². The highest BCUT2D eigenvalue weighted by Crippen LogP contribution is 2.15. The van der Waals surface area contributed by atoms with E-state index in [0.717, 1.165) is 5.56 Å². The van der Waals surface area contributed by atoms with Crippen LogP contribution in [-0.2, 0) is 16.6 Å². The van der Waals surface area contributed by atoms with Gasteiger partial charge in [0.1, 0.15) is 5.52 Å². The molecule has 0 spiro atoms. The van der Waals surface area contributed by atoms with Crippen molar-refractivity contribution in [1.82, 2.24) is 9.71 Å². The molecule has 6 heteroatoms. The molecule has 5 nitrogen and oxygen atoms in total. The van der Waals surface area contributed by atoms with Gasteiger partial charge in [0.2, 0.25) is 15.9 Å². The van der Waals surface area contributed by atoms with Crippen LogP contribution in [0.15, 0.2) is 57.8 Å². The van der Waals surface area contributed by atoms with Crippen molar-refractivity contribution in [2.45, 2.75) is 18.4 Å². The Balaban J connectivity index is 1.78. The van der Waals surface area contributed by atoms with Crippen LogP contribution in [0, 0.1) is 6.92 Å². The number of hydrogen-bond donors (Lipinski definition) is 1. The highest BCUT2D eigenvalue weighted by atomic mass is 32.2. The minimum atomic E-state index is -3.56. The molecule has 3 aromatic rings. The zero-order chi connectivity index (χ0) is 14.9. The molecule has 1 aromatic heterocycles.